The van der Waals surface area contributed by atoms with Gasteiger partial charge in [0.15, 0.2) is 0 Å². The summed E-state index contributed by atoms with van der Waals surface area (Å²) in [7, 11) is -1.58. The molecule has 0 radical (unpaired) electrons. The summed E-state index contributed by atoms with van der Waals surface area (Å²) in [4.78, 5) is 0. The second-order valence-electron chi connectivity index (χ2n) is 4.40. The Morgan fingerprint density at radius 3 is 2.75 bits per heavy atom. The molecule has 1 atom stereocenters. The van der Waals surface area contributed by atoms with Crippen molar-refractivity contribution in [3.63, 3.8) is 0 Å². The van der Waals surface area contributed by atoms with Crippen LogP contribution in [0.3, 0.4) is 0 Å². The lowest BCUT2D eigenvalue weighted by Crippen LogP contribution is -2.54. The molecular formula is C10H23N3O2S. The van der Waals surface area contributed by atoms with Crippen LogP contribution in [-0.4, -0.2) is 56.3 Å². The summed E-state index contributed by atoms with van der Waals surface area (Å²) in [6.45, 7) is 6.56. The van der Waals surface area contributed by atoms with E-state index in [-0.39, 0.29) is 6.04 Å². The van der Waals surface area contributed by atoms with E-state index in [1.165, 1.54) is 4.31 Å². The summed E-state index contributed by atoms with van der Waals surface area (Å²) < 4.78 is 27.4. The van der Waals surface area contributed by atoms with Gasteiger partial charge in [0, 0.05) is 39.3 Å². The van der Waals surface area contributed by atoms with E-state index in [0.717, 1.165) is 19.4 Å². The van der Waals surface area contributed by atoms with Crippen LogP contribution in [0.15, 0.2) is 0 Å². The standard InChI is InChI=1S/C10H23N3O2S/c1-4-5-7-12(3)16(14,15)13-8-6-11-10(2)9-13/h10-11H,4-9H2,1-3H3. The summed E-state index contributed by atoms with van der Waals surface area (Å²) in [6.07, 6.45) is 1.93. The van der Waals surface area contributed by atoms with Gasteiger partial charge in [-0.2, -0.15) is 17.0 Å². The summed E-state index contributed by atoms with van der Waals surface area (Å²) in [5, 5.41) is 3.24. The molecule has 1 fully saturated rings. The van der Waals surface area contributed by atoms with Gasteiger partial charge in [0.05, 0.1) is 0 Å². The average Bonchev–Trinajstić information content (AvgIpc) is 2.25. The fourth-order valence-electron chi connectivity index (χ4n) is 1.80. The predicted molar refractivity (Wildman–Crippen MR) is 65.5 cm³/mol. The van der Waals surface area contributed by atoms with Gasteiger partial charge >= 0.3 is 0 Å². The molecule has 1 aliphatic rings. The molecule has 0 saturated carbocycles. The van der Waals surface area contributed by atoms with Crippen molar-refractivity contribution in [2.24, 2.45) is 0 Å². The van der Waals surface area contributed by atoms with Gasteiger partial charge < -0.3 is 5.32 Å². The van der Waals surface area contributed by atoms with Crippen LogP contribution in [0.2, 0.25) is 0 Å². The zero-order valence-corrected chi connectivity index (χ0v) is 11.3. The van der Waals surface area contributed by atoms with E-state index < -0.39 is 10.2 Å². The van der Waals surface area contributed by atoms with Crippen LogP contribution in [0, 0.1) is 0 Å². The van der Waals surface area contributed by atoms with Crippen LogP contribution < -0.4 is 5.32 Å². The van der Waals surface area contributed by atoms with Gasteiger partial charge in [0.2, 0.25) is 0 Å². The topological polar surface area (TPSA) is 52.7 Å². The molecule has 0 spiro atoms. The third kappa shape index (κ3) is 3.41. The maximum absolute atomic E-state index is 12.2. The van der Waals surface area contributed by atoms with E-state index in [1.54, 1.807) is 11.4 Å². The minimum absolute atomic E-state index is 0.239. The van der Waals surface area contributed by atoms with Gasteiger partial charge in [-0.3, -0.25) is 0 Å². The highest BCUT2D eigenvalue weighted by Gasteiger charge is 2.29. The fourth-order valence-corrected chi connectivity index (χ4v) is 3.29. The molecule has 1 aliphatic heterocycles. The molecule has 96 valence electrons. The number of hydrogen-bond acceptors (Lipinski definition) is 3. The highest BCUT2D eigenvalue weighted by atomic mass is 32.2. The summed E-state index contributed by atoms with van der Waals surface area (Å²) in [6, 6.07) is 0.239. The molecule has 0 aliphatic carbocycles. The largest absolute Gasteiger partial charge is 0.312 e. The van der Waals surface area contributed by atoms with E-state index in [0.29, 0.717) is 19.6 Å². The van der Waals surface area contributed by atoms with Crippen molar-refractivity contribution in [2.45, 2.75) is 32.7 Å². The zero-order valence-electron chi connectivity index (χ0n) is 10.4. The van der Waals surface area contributed by atoms with Gasteiger partial charge in [0.1, 0.15) is 0 Å². The van der Waals surface area contributed by atoms with Crippen LogP contribution in [0.1, 0.15) is 26.7 Å². The number of rotatable bonds is 5. The van der Waals surface area contributed by atoms with Crippen LogP contribution in [0.4, 0.5) is 0 Å². The van der Waals surface area contributed by atoms with E-state index in [1.807, 2.05) is 6.92 Å². The molecule has 6 heteroatoms. The highest BCUT2D eigenvalue weighted by molar-refractivity contribution is 7.86. The van der Waals surface area contributed by atoms with Crippen molar-refractivity contribution < 1.29 is 8.42 Å². The lowest BCUT2D eigenvalue weighted by molar-refractivity contribution is 0.288. The smallest absolute Gasteiger partial charge is 0.281 e. The monoisotopic (exact) mass is 249 g/mol. The number of hydrogen-bond donors (Lipinski definition) is 1. The SMILES string of the molecule is CCCCN(C)S(=O)(=O)N1CCNC(C)C1. The molecule has 0 aromatic heterocycles. The molecule has 0 bridgehead atoms. The molecule has 0 aromatic rings. The van der Waals surface area contributed by atoms with Gasteiger partial charge in [-0.25, -0.2) is 0 Å². The lowest BCUT2D eigenvalue weighted by atomic mass is 10.3. The molecule has 0 aromatic carbocycles. The molecule has 1 heterocycles. The number of nitrogens with zero attached hydrogens (tertiary/aromatic N) is 2. The molecule has 1 saturated heterocycles. The normalized spacial score (nSPS) is 23.9. The van der Waals surface area contributed by atoms with Gasteiger partial charge in [-0.05, 0) is 13.3 Å². The average molecular weight is 249 g/mol. The number of nitrogens with one attached hydrogen (secondary N) is 1. The Morgan fingerprint density at radius 1 is 1.50 bits per heavy atom. The Labute approximate surface area is 99.0 Å². The Morgan fingerprint density at radius 2 is 2.19 bits per heavy atom. The first-order chi connectivity index (χ1) is 7.48. The van der Waals surface area contributed by atoms with Gasteiger partial charge in [0.25, 0.3) is 10.2 Å². The number of piperazine rings is 1. The van der Waals surface area contributed by atoms with Crippen LogP contribution >= 0.6 is 0 Å². The van der Waals surface area contributed by atoms with Crippen molar-refractivity contribution in [3.05, 3.63) is 0 Å². The fraction of sp³-hybridized carbons (Fsp3) is 1.00. The van der Waals surface area contributed by atoms with Crippen LogP contribution in [0.5, 0.6) is 0 Å². The van der Waals surface area contributed by atoms with Crippen LogP contribution in [-0.2, 0) is 10.2 Å². The van der Waals surface area contributed by atoms with Gasteiger partial charge in [-0.1, -0.05) is 13.3 Å². The first-order valence-corrected chi connectivity index (χ1v) is 7.33. The second kappa shape index (κ2) is 5.95. The molecular weight excluding hydrogens is 226 g/mol. The van der Waals surface area contributed by atoms with E-state index in [2.05, 4.69) is 12.2 Å². The van der Waals surface area contributed by atoms with Crippen LogP contribution in [0.25, 0.3) is 0 Å². The van der Waals surface area contributed by atoms with Crippen molar-refractivity contribution in [1.82, 2.24) is 13.9 Å². The molecule has 1 unspecified atom stereocenters. The van der Waals surface area contributed by atoms with E-state index in [4.69, 9.17) is 0 Å². The molecule has 1 rings (SSSR count). The van der Waals surface area contributed by atoms with Crippen molar-refractivity contribution in [1.29, 1.82) is 0 Å². The second-order valence-corrected chi connectivity index (χ2v) is 6.43. The molecule has 5 nitrogen and oxygen atoms in total. The third-order valence-corrected chi connectivity index (χ3v) is 4.83. The van der Waals surface area contributed by atoms with Gasteiger partial charge in [-0.15, -0.1) is 0 Å². The highest BCUT2D eigenvalue weighted by Crippen LogP contribution is 2.10. The Hall–Kier alpha value is -0.170. The molecule has 1 N–H and O–H groups in total. The molecule has 16 heavy (non-hydrogen) atoms. The maximum Gasteiger partial charge on any atom is 0.281 e. The summed E-state index contributed by atoms with van der Waals surface area (Å²) >= 11 is 0. The summed E-state index contributed by atoms with van der Waals surface area (Å²) in [5.41, 5.74) is 0. The summed E-state index contributed by atoms with van der Waals surface area (Å²) in [5.74, 6) is 0. The van der Waals surface area contributed by atoms with Crippen molar-refractivity contribution in [3.8, 4) is 0 Å². The first kappa shape index (κ1) is 13.9. The van der Waals surface area contributed by atoms with Crippen molar-refractivity contribution in [2.75, 3.05) is 33.2 Å². The Bertz CT molecular complexity index is 305. The number of unbranched alkanes of at least 4 members (excludes halogenated alkanes) is 1. The minimum Gasteiger partial charge on any atom is -0.312 e. The van der Waals surface area contributed by atoms with Crippen molar-refractivity contribution >= 4 is 10.2 Å². The van der Waals surface area contributed by atoms with E-state index >= 15 is 0 Å². The molecule has 0 amide bonds. The first-order valence-electron chi connectivity index (χ1n) is 5.93. The van der Waals surface area contributed by atoms with E-state index in [9.17, 15) is 8.42 Å². The maximum atomic E-state index is 12.2. The minimum atomic E-state index is -3.24. The third-order valence-electron chi connectivity index (χ3n) is 2.88. The lowest BCUT2D eigenvalue weighted by Gasteiger charge is -2.33. The quantitative estimate of drug-likeness (QED) is 0.760. The Balaban J connectivity index is 2.61. The predicted octanol–water partition coefficient (Wildman–Crippen LogP) is 0.257. The zero-order chi connectivity index (χ0) is 12.2. The Kier molecular flexibility index (Phi) is 5.17.